The van der Waals surface area contributed by atoms with Crippen LogP contribution in [-0.2, 0) is 25.9 Å². The third kappa shape index (κ3) is 5.28. The molecule has 0 fully saturated rings. The smallest absolute Gasteiger partial charge is 0.435 e. The molecule has 0 radical (unpaired) electrons. The number of amides is 1. The number of aromatic amines is 1. The van der Waals surface area contributed by atoms with Crippen LogP contribution in [0.1, 0.15) is 61.4 Å². The highest BCUT2D eigenvalue weighted by atomic mass is 19.4. The molecule has 196 valence electrons. The molecule has 1 aliphatic rings. The van der Waals surface area contributed by atoms with Gasteiger partial charge in [0.15, 0.2) is 17.3 Å². The summed E-state index contributed by atoms with van der Waals surface area (Å²) in [6.45, 7) is 5.71. The Morgan fingerprint density at radius 1 is 1.19 bits per heavy atom. The molecule has 1 aromatic heterocycles. The second-order valence-electron chi connectivity index (χ2n) is 9.24. The summed E-state index contributed by atoms with van der Waals surface area (Å²) in [4.78, 5) is 28.0. The van der Waals surface area contributed by atoms with E-state index >= 15 is 0 Å². The number of halogens is 5. The van der Waals surface area contributed by atoms with Crippen LogP contribution in [0.5, 0.6) is 0 Å². The molecule has 0 aliphatic carbocycles. The molecule has 3 rings (SSSR count). The van der Waals surface area contributed by atoms with Crippen molar-refractivity contribution in [3.63, 3.8) is 0 Å². The minimum Gasteiger partial charge on any atom is -0.459 e. The molecule has 0 saturated heterocycles. The van der Waals surface area contributed by atoms with E-state index in [0.29, 0.717) is 6.07 Å². The lowest BCUT2D eigenvalue weighted by molar-refractivity contribution is -0.142. The van der Waals surface area contributed by atoms with Gasteiger partial charge in [-0.2, -0.15) is 18.3 Å². The monoisotopic (exact) mass is 515 g/mol. The molecule has 0 saturated carbocycles. The standard InChI is InChI=1S/C24H26F5N3O4/c1-12(2)36-22(34)17-16(8-9-35-5)32(21(33)13-6-7-14(25)15(26)10-13)11-23(3,4)18-19(17)30-31-20(18)24(27,28)29/h6-7,10,12H,8-9,11H2,1-5H3,(H,30,31). The van der Waals surface area contributed by atoms with Gasteiger partial charge in [-0.05, 0) is 32.0 Å². The molecule has 0 spiro atoms. The number of hydrogen-bond acceptors (Lipinski definition) is 5. The SMILES string of the molecule is COCCC1=C(C(=O)OC(C)C)c2[nH]nc(C(F)(F)F)c2C(C)(C)CN1C(=O)c1ccc(F)c(F)c1. The highest BCUT2D eigenvalue weighted by Crippen LogP contribution is 2.44. The van der Waals surface area contributed by atoms with Crippen molar-refractivity contribution in [1.82, 2.24) is 15.1 Å². The summed E-state index contributed by atoms with van der Waals surface area (Å²) in [5.74, 6) is -4.26. The van der Waals surface area contributed by atoms with Gasteiger partial charge in [0.25, 0.3) is 5.91 Å². The van der Waals surface area contributed by atoms with E-state index in [2.05, 4.69) is 10.2 Å². The van der Waals surface area contributed by atoms with Gasteiger partial charge in [0, 0.05) is 42.3 Å². The van der Waals surface area contributed by atoms with Crippen LogP contribution in [0.4, 0.5) is 22.0 Å². The Hall–Kier alpha value is -3.28. The second kappa shape index (κ2) is 10.00. The minimum absolute atomic E-state index is 0.00133. The number of alkyl halides is 3. The lowest BCUT2D eigenvalue weighted by atomic mass is 9.81. The average molecular weight is 515 g/mol. The van der Waals surface area contributed by atoms with Crippen molar-refractivity contribution in [1.29, 1.82) is 0 Å². The van der Waals surface area contributed by atoms with Gasteiger partial charge in [0.2, 0.25) is 0 Å². The van der Waals surface area contributed by atoms with Crippen molar-refractivity contribution in [2.45, 2.75) is 51.8 Å². The van der Waals surface area contributed by atoms with Crippen molar-refractivity contribution in [2.24, 2.45) is 0 Å². The summed E-state index contributed by atoms with van der Waals surface area (Å²) in [5, 5.41) is 5.80. The summed E-state index contributed by atoms with van der Waals surface area (Å²) in [6.07, 6.45) is -5.57. The largest absolute Gasteiger partial charge is 0.459 e. The van der Waals surface area contributed by atoms with E-state index in [0.717, 1.165) is 17.0 Å². The molecule has 12 heteroatoms. The lowest BCUT2D eigenvalue weighted by Crippen LogP contribution is -2.40. The number of hydrogen-bond donors (Lipinski definition) is 1. The summed E-state index contributed by atoms with van der Waals surface area (Å²) in [6, 6.07) is 2.52. The van der Waals surface area contributed by atoms with Crippen molar-refractivity contribution in [3.8, 4) is 0 Å². The number of ether oxygens (including phenoxy) is 2. The molecule has 7 nitrogen and oxygen atoms in total. The van der Waals surface area contributed by atoms with Gasteiger partial charge in [-0.25, -0.2) is 13.6 Å². The molecular weight excluding hydrogens is 489 g/mol. The van der Waals surface area contributed by atoms with Crippen LogP contribution < -0.4 is 0 Å². The number of benzene rings is 1. The van der Waals surface area contributed by atoms with Gasteiger partial charge in [0.05, 0.1) is 18.4 Å². The van der Waals surface area contributed by atoms with Crippen molar-refractivity contribution >= 4 is 17.4 Å². The topological polar surface area (TPSA) is 84.5 Å². The predicted molar refractivity (Wildman–Crippen MR) is 119 cm³/mol. The molecule has 1 aliphatic heterocycles. The van der Waals surface area contributed by atoms with E-state index in [1.807, 2.05) is 0 Å². The molecule has 1 aromatic carbocycles. The van der Waals surface area contributed by atoms with E-state index in [4.69, 9.17) is 9.47 Å². The van der Waals surface area contributed by atoms with Crippen LogP contribution in [0.15, 0.2) is 23.9 Å². The number of rotatable bonds is 6. The molecule has 0 bridgehead atoms. The number of methoxy groups -OCH3 is 1. The van der Waals surface area contributed by atoms with E-state index in [9.17, 15) is 31.5 Å². The Bertz CT molecular complexity index is 1200. The summed E-state index contributed by atoms with van der Waals surface area (Å²) < 4.78 is 79.7. The maximum Gasteiger partial charge on any atom is 0.435 e. The molecule has 1 N–H and O–H groups in total. The summed E-state index contributed by atoms with van der Waals surface area (Å²) in [5.41, 5.74) is -3.74. The number of fused-ring (bicyclic) bond motifs is 1. The Labute approximate surface area is 204 Å². The average Bonchev–Trinajstić information content (AvgIpc) is 3.19. The first-order valence-electron chi connectivity index (χ1n) is 11.1. The normalized spacial score (nSPS) is 15.7. The molecule has 1 amide bonds. The highest BCUT2D eigenvalue weighted by Gasteiger charge is 2.48. The van der Waals surface area contributed by atoms with Gasteiger partial charge < -0.3 is 14.4 Å². The van der Waals surface area contributed by atoms with Gasteiger partial charge in [-0.15, -0.1) is 0 Å². The number of nitrogens with zero attached hydrogens (tertiary/aromatic N) is 2. The predicted octanol–water partition coefficient (Wildman–Crippen LogP) is 4.84. The Balaban J connectivity index is 2.34. The van der Waals surface area contributed by atoms with Crippen molar-refractivity contribution in [2.75, 3.05) is 20.3 Å². The number of aromatic nitrogens is 2. The van der Waals surface area contributed by atoms with E-state index in [1.165, 1.54) is 21.0 Å². The lowest BCUT2D eigenvalue weighted by Gasteiger charge is -2.33. The maximum atomic E-state index is 13.9. The Morgan fingerprint density at radius 3 is 2.42 bits per heavy atom. The number of carbonyl (C=O) groups is 2. The van der Waals surface area contributed by atoms with E-state index in [-0.39, 0.29) is 47.7 Å². The molecular formula is C24H26F5N3O4. The van der Waals surface area contributed by atoms with Crippen molar-refractivity contribution in [3.05, 3.63) is 58.0 Å². The number of nitrogens with one attached hydrogen (secondary N) is 1. The van der Waals surface area contributed by atoms with E-state index in [1.54, 1.807) is 13.8 Å². The van der Waals surface area contributed by atoms with Gasteiger partial charge >= 0.3 is 12.1 Å². The summed E-state index contributed by atoms with van der Waals surface area (Å²) in [7, 11) is 1.37. The number of esters is 1. The second-order valence-corrected chi connectivity index (χ2v) is 9.24. The van der Waals surface area contributed by atoms with Crippen molar-refractivity contribution < 1.29 is 41.0 Å². The highest BCUT2D eigenvalue weighted by molar-refractivity contribution is 6.18. The zero-order valence-corrected chi connectivity index (χ0v) is 20.3. The van der Waals surface area contributed by atoms with Gasteiger partial charge in [0.1, 0.15) is 5.57 Å². The van der Waals surface area contributed by atoms with E-state index < -0.39 is 46.9 Å². The molecule has 2 heterocycles. The molecule has 0 unspecified atom stereocenters. The van der Waals surface area contributed by atoms with Gasteiger partial charge in [-0.1, -0.05) is 13.8 Å². The van der Waals surface area contributed by atoms with Crippen LogP contribution in [0.3, 0.4) is 0 Å². The quantitative estimate of drug-likeness (QED) is 0.440. The molecule has 0 atom stereocenters. The van der Waals surface area contributed by atoms with Gasteiger partial charge in [-0.3, -0.25) is 9.89 Å². The first kappa shape index (κ1) is 27.3. The first-order chi connectivity index (χ1) is 16.7. The Kier molecular flexibility index (Phi) is 7.58. The summed E-state index contributed by atoms with van der Waals surface area (Å²) >= 11 is 0. The van der Waals surface area contributed by atoms with Crippen LogP contribution in [-0.4, -0.2) is 53.3 Å². The van der Waals surface area contributed by atoms with Crippen LogP contribution in [0.25, 0.3) is 5.57 Å². The third-order valence-corrected chi connectivity index (χ3v) is 5.63. The minimum atomic E-state index is -4.86. The fraction of sp³-hybridized carbons (Fsp3) is 0.458. The number of carbonyl (C=O) groups excluding carboxylic acids is 2. The fourth-order valence-corrected chi connectivity index (χ4v) is 4.17. The zero-order chi connectivity index (χ0) is 27.0. The molecule has 36 heavy (non-hydrogen) atoms. The van der Waals surface area contributed by atoms with Crippen LogP contribution >= 0.6 is 0 Å². The maximum absolute atomic E-state index is 13.9. The first-order valence-corrected chi connectivity index (χ1v) is 11.1. The zero-order valence-electron chi connectivity index (χ0n) is 20.3. The molecule has 2 aromatic rings. The third-order valence-electron chi connectivity index (χ3n) is 5.63. The van der Waals surface area contributed by atoms with Crippen LogP contribution in [0.2, 0.25) is 0 Å². The fourth-order valence-electron chi connectivity index (χ4n) is 4.17. The van der Waals surface area contributed by atoms with Crippen LogP contribution in [0, 0.1) is 11.6 Å². The number of H-pyrrole nitrogens is 1. The Morgan fingerprint density at radius 2 is 1.86 bits per heavy atom.